The fourth-order valence-corrected chi connectivity index (χ4v) is 2.68. The molecular weight excluding hydrogens is 340 g/mol. The Balaban J connectivity index is 2.27. The van der Waals surface area contributed by atoms with E-state index in [0.29, 0.717) is 17.1 Å². The van der Waals surface area contributed by atoms with E-state index in [1.54, 1.807) is 0 Å². The summed E-state index contributed by atoms with van der Waals surface area (Å²) in [5.74, 6) is 0.0525. The van der Waals surface area contributed by atoms with E-state index in [2.05, 4.69) is 21.0 Å². The lowest BCUT2D eigenvalue weighted by atomic mass is 10.1. The number of Topliss-reactive ketones (excluding diaryl/α,β-unsaturated/α-hetero) is 1. The van der Waals surface area contributed by atoms with Crippen LogP contribution in [-0.4, -0.2) is 15.6 Å². The van der Waals surface area contributed by atoms with Crippen LogP contribution in [0.25, 0.3) is 0 Å². The average molecular weight is 356 g/mol. The molecule has 0 saturated carbocycles. The molecular formula is C15H16BrClN2O. The summed E-state index contributed by atoms with van der Waals surface area (Å²) in [4.78, 5) is 12.3. The summed E-state index contributed by atoms with van der Waals surface area (Å²) in [6.07, 6.45) is 1.05. The third kappa shape index (κ3) is 3.13. The van der Waals surface area contributed by atoms with Gasteiger partial charge in [-0.3, -0.25) is 9.48 Å². The maximum absolute atomic E-state index is 12.3. The van der Waals surface area contributed by atoms with Crippen molar-refractivity contribution in [3.8, 4) is 0 Å². The molecule has 3 nitrogen and oxygen atoms in total. The normalized spacial score (nSPS) is 10.8. The second-order valence-corrected chi connectivity index (χ2v) is 5.78. The molecule has 1 aromatic heterocycles. The van der Waals surface area contributed by atoms with Crippen molar-refractivity contribution in [2.75, 3.05) is 0 Å². The van der Waals surface area contributed by atoms with Crippen LogP contribution in [0.2, 0.25) is 5.02 Å². The van der Waals surface area contributed by atoms with E-state index < -0.39 is 0 Å². The lowest BCUT2D eigenvalue weighted by Crippen LogP contribution is -2.10. The second-order valence-electron chi connectivity index (χ2n) is 4.48. The first-order valence-electron chi connectivity index (χ1n) is 6.59. The molecule has 2 aromatic rings. The molecule has 0 saturated heterocycles. The third-order valence-electron chi connectivity index (χ3n) is 3.19. The van der Waals surface area contributed by atoms with Crippen LogP contribution in [0, 0.1) is 0 Å². The SMILES string of the molecule is CCc1nn(CC)c(CC(=O)c2ccc(Br)cc2)c1Cl. The van der Waals surface area contributed by atoms with Crippen LogP contribution >= 0.6 is 27.5 Å². The molecule has 1 aromatic carbocycles. The predicted molar refractivity (Wildman–Crippen MR) is 84.5 cm³/mol. The monoisotopic (exact) mass is 354 g/mol. The molecule has 0 N–H and O–H groups in total. The molecule has 0 radical (unpaired) electrons. The zero-order chi connectivity index (χ0) is 14.7. The summed E-state index contributed by atoms with van der Waals surface area (Å²) in [5.41, 5.74) is 2.34. The van der Waals surface area contributed by atoms with E-state index in [1.807, 2.05) is 42.8 Å². The summed E-state index contributed by atoms with van der Waals surface area (Å²) in [6.45, 7) is 4.72. The van der Waals surface area contributed by atoms with Gasteiger partial charge in [0.1, 0.15) is 0 Å². The van der Waals surface area contributed by atoms with Crippen LogP contribution in [0.4, 0.5) is 0 Å². The lowest BCUT2D eigenvalue weighted by molar-refractivity contribution is 0.0990. The summed E-state index contributed by atoms with van der Waals surface area (Å²) in [7, 11) is 0. The summed E-state index contributed by atoms with van der Waals surface area (Å²) in [6, 6.07) is 7.36. The number of aromatic nitrogens is 2. The van der Waals surface area contributed by atoms with Crippen molar-refractivity contribution in [2.24, 2.45) is 0 Å². The highest BCUT2D eigenvalue weighted by atomic mass is 79.9. The lowest BCUT2D eigenvalue weighted by Gasteiger charge is -2.05. The van der Waals surface area contributed by atoms with Crippen molar-refractivity contribution in [1.82, 2.24) is 9.78 Å². The maximum atomic E-state index is 12.3. The molecule has 106 valence electrons. The smallest absolute Gasteiger partial charge is 0.168 e. The topological polar surface area (TPSA) is 34.9 Å². The van der Waals surface area contributed by atoms with Gasteiger partial charge < -0.3 is 0 Å². The van der Waals surface area contributed by atoms with Crippen molar-refractivity contribution in [3.63, 3.8) is 0 Å². The minimum atomic E-state index is 0.0525. The van der Waals surface area contributed by atoms with Gasteiger partial charge in [0, 0.05) is 16.6 Å². The number of carbonyl (C=O) groups is 1. The Labute approximate surface area is 132 Å². The Hall–Kier alpha value is -1.13. The van der Waals surface area contributed by atoms with Gasteiger partial charge in [-0.25, -0.2) is 0 Å². The van der Waals surface area contributed by atoms with Gasteiger partial charge in [-0.1, -0.05) is 46.6 Å². The van der Waals surface area contributed by atoms with Crippen molar-refractivity contribution < 1.29 is 4.79 Å². The number of aryl methyl sites for hydroxylation is 2. The zero-order valence-corrected chi connectivity index (χ0v) is 13.8. The highest BCUT2D eigenvalue weighted by molar-refractivity contribution is 9.10. The van der Waals surface area contributed by atoms with Gasteiger partial charge in [0.15, 0.2) is 5.78 Å². The first-order chi connectivity index (χ1) is 9.56. The number of hydrogen-bond acceptors (Lipinski definition) is 2. The van der Waals surface area contributed by atoms with Crippen molar-refractivity contribution >= 4 is 33.3 Å². The fraction of sp³-hybridized carbons (Fsp3) is 0.333. The van der Waals surface area contributed by atoms with E-state index in [-0.39, 0.29) is 12.2 Å². The predicted octanol–water partition coefficient (Wildman–Crippen LogP) is 4.31. The van der Waals surface area contributed by atoms with E-state index >= 15 is 0 Å². The van der Waals surface area contributed by atoms with Crippen molar-refractivity contribution in [3.05, 3.63) is 50.7 Å². The zero-order valence-electron chi connectivity index (χ0n) is 11.5. The van der Waals surface area contributed by atoms with Gasteiger partial charge in [-0.2, -0.15) is 5.10 Å². The number of rotatable bonds is 5. The molecule has 0 amide bonds. The summed E-state index contributed by atoms with van der Waals surface area (Å²) < 4.78 is 2.77. The van der Waals surface area contributed by atoms with E-state index in [1.165, 1.54) is 0 Å². The summed E-state index contributed by atoms with van der Waals surface area (Å²) >= 11 is 9.68. The maximum Gasteiger partial charge on any atom is 0.168 e. The molecule has 0 aliphatic heterocycles. The number of benzene rings is 1. The highest BCUT2D eigenvalue weighted by Gasteiger charge is 2.18. The fourth-order valence-electron chi connectivity index (χ4n) is 2.08. The van der Waals surface area contributed by atoms with Crippen molar-refractivity contribution in [2.45, 2.75) is 33.2 Å². The minimum absolute atomic E-state index is 0.0525. The quantitative estimate of drug-likeness (QED) is 0.749. The van der Waals surface area contributed by atoms with Gasteiger partial charge in [-0.05, 0) is 25.5 Å². The first kappa shape index (κ1) is 15.3. The van der Waals surface area contributed by atoms with E-state index in [4.69, 9.17) is 11.6 Å². The molecule has 0 fully saturated rings. The molecule has 0 atom stereocenters. The first-order valence-corrected chi connectivity index (χ1v) is 7.76. The molecule has 0 aliphatic rings. The standard InChI is InChI=1S/C15H16BrClN2O/c1-3-12-15(17)13(19(4-2)18-12)9-14(20)10-5-7-11(16)8-6-10/h5-8H,3-4,9H2,1-2H3. The number of ketones is 1. The Kier molecular flexibility index (Phi) is 5.00. The Morgan fingerprint density at radius 1 is 1.30 bits per heavy atom. The molecule has 0 bridgehead atoms. The van der Waals surface area contributed by atoms with Crippen LogP contribution in [0.15, 0.2) is 28.7 Å². The number of halogens is 2. The number of carbonyl (C=O) groups excluding carboxylic acids is 1. The highest BCUT2D eigenvalue weighted by Crippen LogP contribution is 2.23. The Morgan fingerprint density at radius 2 is 1.95 bits per heavy atom. The van der Waals surface area contributed by atoms with Crippen LogP contribution in [0.3, 0.4) is 0 Å². The molecule has 0 unspecified atom stereocenters. The molecule has 20 heavy (non-hydrogen) atoms. The molecule has 2 rings (SSSR count). The minimum Gasteiger partial charge on any atom is -0.294 e. The Morgan fingerprint density at radius 3 is 2.50 bits per heavy atom. The van der Waals surface area contributed by atoms with Gasteiger partial charge in [-0.15, -0.1) is 0 Å². The van der Waals surface area contributed by atoms with Gasteiger partial charge in [0.05, 0.1) is 22.8 Å². The van der Waals surface area contributed by atoms with Crippen LogP contribution in [0.1, 0.15) is 35.6 Å². The van der Waals surface area contributed by atoms with Crippen LogP contribution in [-0.2, 0) is 19.4 Å². The van der Waals surface area contributed by atoms with Crippen molar-refractivity contribution in [1.29, 1.82) is 0 Å². The second kappa shape index (κ2) is 6.55. The van der Waals surface area contributed by atoms with Gasteiger partial charge in [0.2, 0.25) is 0 Å². The number of nitrogens with zero attached hydrogens (tertiary/aromatic N) is 2. The average Bonchev–Trinajstić information content (AvgIpc) is 2.76. The third-order valence-corrected chi connectivity index (χ3v) is 4.15. The molecule has 0 spiro atoms. The largest absolute Gasteiger partial charge is 0.294 e. The number of hydrogen-bond donors (Lipinski definition) is 0. The Bertz CT molecular complexity index is 620. The summed E-state index contributed by atoms with van der Waals surface area (Å²) in [5, 5.41) is 5.06. The molecule has 1 heterocycles. The van der Waals surface area contributed by atoms with Gasteiger partial charge >= 0.3 is 0 Å². The van der Waals surface area contributed by atoms with E-state index in [9.17, 15) is 4.79 Å². The van der Waals surface area contributed by atoms with Crippen LogP contribution in [0.5, 0.6) is 0 Å². The molecule has 5 heteroatoms. The van der Waals surface area contributed by atoms with Gasteiger partial charge in [0.25, 0.3) is 0 Å². The van der Waals surface area contributed by atoms with Crippen LogP contribution < -0.4 is 0 Å². The molecule has 0 aliphatic carbocycles. The van der Waals surface area contributed by atoms with E-state index in [0.717, 1.165) is 22.3 Å².